The van der Waals surface area contributed by atoms with Gasteiger partial charge in [-0.25, -0.2) is 4.79 Å². The van der Waals surface area contributed by atoms with Crippen LogP contribution < -0.4 is 10.6 Å². The Morgan fingerprint density at radius 3 is 2.34 bits per heavy atom. The molecule has 7 nitrogen and oxygen atoms in total. The van der Waals surface area contributed by atoms with Gasteiger partial charge in [-0.1, -0.05) is 51.0 Å². The Morgan fingerprint density at radius 2 is 1.77 bits per heavy atom. The number of aryl methyl sites for hydroxylation is 1. The molecule has 3 amide bonds. The average Bonchev–Trinajstić information content (AvgIpc) is 2.78. The molecule has 2 atom stereocenters. The van der Waals surface area contributed by atoms with E-state index in [0.29, 0.717) is 31.7 Å². The standard InChI is InChI=1S/C27H45N3O4S/c1-8-10-13-17-28-24(31)23(21-15-12-11-14-20(21)3)30(18-9-2)25(32)22(16-19-35-7)29-26(33)34-27(4,5)6/h11-12,14-15,22-23H,8-10,13,16-19H2,1-7H3,(H,28,31)(H,29,33). The Morgan fingerprint density at radius 1 is 1.09 bits per heavy atom. The van der Waals surface area contributed by atoms with Gasteiger partial charge in [-0.2, -0.15) is 11.8 Å². The lowest BCUT2D eigenvalue weighted by Crippen LogP contribution is -2.53. The highest BCUT2D eigenvalue weighted by Gasteiger charge is 2.36. The molecule has 0 aliphatic carbocycles. The molecule has 2 N–H and O–H groups in total. The first kappa shape index (κ1) is 30.8. The number of carbonyl (C=O) groups excluding carboxylic acids is 3. The molecule has 0 aliphatic rings. The summed E-state index contributed by atoms with van der Waals surface area (Å²) in [6.07, 6.45) is 5.43. The van der Waals surface area contributed by atoms with Crippen molar-refractivity contribution in [2.75, 3.05) is 25.1 Å². The van der Waals surface area contributed by atoms with Crippen molar-refractivity contribution >= 4 is 29.7 Å². The average molecular weight is 508 g/mol. The maximum absolute atomic E-state index is 13.9. The number of benzene rings is 1. The minimum atomic E-state index is -0.789. The fourth-order valence-electron chi connectivity index (χ4n) is 3.78. The highest BCUT2D eigenvalue weighted by Crippen LogP contribution is 2.26. The Kier molecular flexibility index (Phi) is 13.8. The zero-order valence-electron chi connectivity index (χ0n) is 22.6. The predicted octanol–water partition coefficient (Wildman–Crippen LogP) is 5.23. The quantitative estimate of drug-likeness (QED) is 0.337. The Labute approximate surface area is 216 Å². The number of carbonyl (C=O) groups is 3. The van der Waals surface area contributed by atoms with Gasteiger partial charge in [0.2, 0.25) is 11.8 Å². The number of nitrogens with zero attached hydrogens (tertiary/aromatic N) is 1. The predicted molar refractivity (Wildman–Crippen MR) is 145 cm³/mol. The third kappa shape index (κ3) is 10.9. The molecule has 0 aromatic heterocycles. The Hall–Kier alpha value is -2.22. The van der Waals surface area contributed by atoms with E-state index in [2.05, 4.69) is 17.6 Å². The summed E-state index contributed by atoms with van der Waals surface area (Å²) in [5.74, 6) is 0.214. The van der Waals surface area contributed by atoms with Gasteiger partial charge in [0.1, 0.15) is 17.7 Å². The van der Waals surface area contributed by atoms with Crippen molar-refractivity contribution < 1.29 is 19.1 Å². The van der Waals surface area contributed by atoms with Crippen molar-refractivity contribution in [2.45, 2.75) is 91.3 Å². The van der Waals surface area contributed by atoms with Crippen LogP contribution in [0.15, 0.2) is 24.3 Å². The first-order chi connectivity index (χ1) is 16.6. The van der Waals surface area contributed by atoms with Crippen molar-refractivity contribution in [1.82, 2.24) is 15.5 Å². The van der Waals surface area contributed by atoms with E-state index in [0.717, 1.165) is 30.4 Å². The van der Waals surface area contributed by atoms with Crippen LogP contribution in [0.3, 0.4) is 0 Å². The molecular weight excluding hydrogens is 462 g/mol. The maximum Gasteiger partial charge on any atom is 0.408 e. The van der Waals surface area contributed by atoms with Crippen LogP contribution in [-0.4, -0.2) is 59.5 Å². The molecule has 1 aromatic rings. The first-order valence-corrected chi connectivity index (χ1v) is 14.1. The number of thioether (sulfide) groups is 1. The van der Waals surface area contributed by atoms with Crippen molar-refractivity contribution in [2.24, 2.45) is 0 Å². The number of hydrogen-bond acceptors (Lipinski definition) is 5. The third-order valence-electron chi connectivity index (χ3n) is 5.47. The molecule has 1 aromatic carbocycles. The summed E-state index contributed by atoms with van der Waals surface area (Å²) >= 11 is 1.60. The van der Waals surface area contributed by atoms with E-state index in [1.165, 1.54) is 0 Å². The number of nitrogens with one attached hydrogen (secondary N) is 2. The molecular formula is C27H45N3O4S. The van der Waals surface area contributed by atoms with E-state index in [1.54, 1.807) is 37.4 Å². The second-order valence-electron chi connectivity index (χ2n) is 9.77. The van der Waals surface area contributed by atoms with Crippen molar-refractivity contribution in [1.29, 1.82) is 0 Å². The van der Waals surface area contributed by atoms with Crippen LogP contribution in [0.25, 0.3) is 0 Å². The normalized spacial score (nSPS) is 13.0. The van der Waals surface area contributed by atoms with Crippen LogP contribution in [0, 0.1) is 6.92 Å². The monoisotopic (exact) mass is 507 g/mol. The fraction of sp³-hybridized carbons (Fsp3) is 0.667. The van der Waals surface area contributed by atoms with Crippen LogP contribution in [0.2, 0.25) is 0 Å². The minimum Gasteiger partial charge on any atom is -0.444 e. The molecule has 0 saturated heterocycles. The van der Waals surface area contributed by atoms with Crippen LogP contribution in [0.4, 0.5) is 4.79 Å². The van der Waals surface area contributed by atoms with E-state index in [-0.39, 0.29) is 11.8 Å². The summed E-state index contributed by atoms with van der Waals surface area (Å²) in [7, 11) is 0. The molecule has 0 radical (unpaired) electrons. The Bertz CT molecular complexity index is 810. The molecule has 0 bridgehead atoms. The first-order valence-electron chi connectivity index (χ1n) is 12.7. The van der Waals surface area contributed by atoms with Gasteiger partial charge < -0.3 is 20.3 Å². The van der Waals surface area contributed by atoms with Crippen LogP contribution in [-0.2, 0) is 14.3 Å². The second kappa shape index (κ2) is 15.7. The molecule has 1 rings (SSSR count). The fourth-order valence-corrected chi connectivity index (χ4v) is 4.25. The number of rotatable bonds is 14. The van der Waals surface area contributed by atoms with E-state index in [9.17, 15) is 14.4 Å². The van der Waals surface area contributed by atoms with Crippen LogP contribution in [0.1, 0.15) is 83.9 Å². The van der Waals surface area contributed by atoms with Crippen LogP contribution in [0.5, 0.6) is 0 Å². The molecule has 35 heavy (non-hydrogen) atoms. The smallest absolute Gasteiger partial charge is 0.408 e. The van der Waals surface area contributed by atoms with E-state index < -0.39 is 23.8 Å². The van der Waals surface area contributed by atoms with Gasteiger partial charge in [-0.3, -0.25) is 9.59 Å². The molecule has 0 saturated carbocycles. The van der Waals surface area contributed by atoms with Gasteiger partial charge >= 0.3 is 6.09 Å². The van der Waals surface area contributed by atoms with E-state index in [1.807, 2.05) is 44.4 Å². The molecule has 8 heteroatoms. The highest BCUT2D eigenvalue weighted by molar-refractivity contribution is 7.98. The largest absolute Gasteiger partial charge is 0.444 e. The third-order valence-corrected chi connectivity index (χ3v) is 6.11. The van der Waals surface area contributed by atoms with Gasteiger partial charge in [0, 0.05) is 13.1 Å². The van der Waals surface area contributed by atoms with Crippen molar-refractivity contribution in [3.63, 3.8) is 0 Å². The second-order valence-corrected chi connectivity index (χ2v) is 10.8. The number of amides is 3. The minimum absolute atomic E-state index is 0.196. The summed E-state index contributed by atoms with van der Waals surface area (Å²) in [5, 5.41) is 5.81. The number of hydrogen-bond donors (Lipinski definition) is 2. The van der Waals surface area contributed by atoms with E-state index >= 15 is 0 Å². The lowest BCUT2D eigenvalue weighted by Gasteiger charge is -2.35. The van der Waals surface area contributed by atoms with Gasteiger partial charge in [-0.15, -0.1) is 0 Å². The van der Waals surface area contributed by atoms with Crippen LogP contribution >= 0.6 is 11.8 Å². The SMILES string of the molecule is CCCCCNC(=O)C(c1ccccc1C)N(CCC)C(=O)C(CCSC)NC(=O)OC(C)(C)C. The molecule has 2 unspecified atom stereocenters. The highest BCUT2D eigenvalue weighted by atomic mass is 32.2. The number of unbranched alkanes of at least 4 members (excludes halogenated alkanes) is 2. The van der Waals surface area contributed by atoms with Crippen molar-refractivity contribution in [3.05, 3.63) is 35.4 Å². The summed E-state index contributed by atoms with van der Waals surface area (Å²) in [6.45, 7) is 12.4. The molecule has 0 spiro atoms. The number of alkyl carbamates (subject to hydrolysis) is 1. The summed E-state index contributed by atoms with van der Waals surface area (Å²) in [5.41, 5.74) is 1.06. The van der Waals surface area contributed by atoms with Crippen molar-refractivity contribution in [3.8, 4) is 0 Å². The maximum atomic E-state index is 13.9. The summed E-state index contributed by atoms with van der Waals surface area (Å²) in [6, 6.07) is 6.10. The summed E-state index contributed by atoms with van der Waals surface area (Å²) < 4.78 is 5.42. The molecule has 0 aliphatic heterocycles. The lowest BCUT2D eigenvalue weighted by molar-refractivity contribution is -0.142. The van der Waals surface area contributed by atoms with Gasteiger partial charge in [-0.05, 0) is 70.1 Å². The van der Waals surface area contributed by atoms with Gasteiger partial charge in [0.05, 0.1) is 0 Å². The zero-order chi connectivity index (χ0) is 26.4. The molecule has 198 valence electrons. The van der Waals surface area contributed by atoms with Gasteiger partial charge in [0.25, 0.3) is 0 Å². The Balaban J connectivity index is 3.33. The number of ether oxygens (including phenoxy) is 1. The van der Waals surface area contributed by atoms with E-state index in [4.69, 9.17) is 4.74 Å². The molecule has 0 heterocycles. The molecule has 0 fully saturated rings. The van der Waals surface area contributed by atoms with Gasteiger partial charge in [0.15, 0.2) is 0 Å². The zero-order valence-corrected chi connectivity index (χ0v) is 23.4. The summed E-state index contributed by atoms with van der Waals surface area (Å²) in [4.78, 5) is 41.6. The lowest BCUT2D eigenvalue weighted by atomic mass is 9.97. The topological polar surface area (TPSA) is 87.7 Å².